The number of carbonyl (C=O) groups excluding carboxylic acids is 1. The molecule has 2 aromatic rings. The van der Waals surface area contributed by atoms with E-state index in [0.717, 1.165) is 0 Å². The van der Waals surface area contributed by atoms with E-state index in [0.29, 0.717) is 5.56 Å². The van der Waals surface area contributed by atoms with E-state index in [4.69, 9.17) is 23.2 Å². The molecular formula is C16H10Cl2FNO. The molecule has 5 heteroatoms. The van der Waals surface area contributed by atoms with Gasteiger partial charge in [0.2, 0.25) is 0 Å². The number of carbonyl (C=O) groups is 1. The molecule has 2 rings (SSSR count). The normalized spacial score (nSPS) is 11.8. The van der Waals surface area contributed by atoms with Crippen LogP contribution >= 0.6 is 23.2 Å². The van der Waals surface area contributed by atoms with Crippen LogP contribution in [-0.4, -0.2) is 5.78 Å². The molecule has 1 atom stereocenters. The molecule has 0 aliphatic rings. The van der Waals surface area contributed by atoms with Gasteiger partial charge in [0.25, 0.3) is 0 Å². The van der Waals surface area contributed by atoms with Crippen molar-refractivity contribution < 1.29 is 9.18 Å². The van der Waals surface area contributed by atoms with Crippen LogP contribution in [0.5, 0.6) is 0 Å². The highest BCUT2D eigenvalue weighted by molar-refractivity contribution is 6.36. The maximum absolute atomic E-state index is 13.1. The Bertz CT molecular complexity index is 732. The Morgan fingerprint density at radius 3 is 2.38 bits per heavy atom. The van der Waals surface area contributed by atoms with E-state index in [1.807, 2.05) is 6.07 Å². The van der Waals surface area contributed by atoms with Crippen molar-refractivity contribution in [2.24, 2.45) is 0 Å². The highest BCUT2D eigenvalue weighted by Gasteiger charge is 2.27. The first-order valence-electron chi connectivity index (χ1n) is 6.09. The number of nitriles is 1. The largest absolute Gasteiger partial charge is 0.292 e. The number of hydrogen-bond acceptors (Lipinski definition) is 2. The minimum absolute atomic E-state index is 0.252. The molecule has 2 aromatic carbocycles. The third kappa shape index (κ3) is 3.07. The maximum Gasteiger partial charge on any atom is 0.184 e. The lowest BCUT2D eigenvalue weighted by atomic mass is 9.90. The number of halogens is 3. The Morgan fingerprint density at radius 1 is 1.24 bits per heavy atom. The summed E-state index contributed by atoms with van der Waals surface area (Å²) >= 11 is 12.1. The van der Waals surface area contributed by atoms with Gasteiger partial charge in [0.15, 0.2) is 5.78 Å². The molecule has 0 aromatic heterocycles. The number of ketones is 1. The smallest absolute Gasteiger partial charge is 0.184 e. The fraction of sp³-hybridized carbons (Fsp3) is 0.125. The Kier molecular flexibility index (Phi) is 4.62. The second-order valence-electron chi connectivity index (χ2n) is 4.52. The summed E-state index contributed by atoms with van der Waals surface area (Å²) in [4.78, 5) is 12.6. The van der Waals surface area contributed by atoms with Gasteiger partial charge in [-0.3, -0.25) is 4.79 Å². The molecule has 0 aliphatic carbocycles. The standard InChI is InChI=1S/C16H10Cl2FNO/c1-9-7-10(19)5-6-11(9)16(21)12(8-20)15-13(17)3-2-4-14(15)18/h2-7,12H,1H3. The van der Waals surface area contributed by atoms with Crippen LogP contribution in [0.15, 0.2) is 36.4 Å². The summed E-state index contributed by atoms with van der Waals surface area (Å²) < 4.78 is 13.1. The van der Waals surface area contributed by atoms with Crippen LogP contribution in [0.3, 0.4) is 0 Å². The highest BCUT2D eigenvalue weighted by atomic mass is 35.5. The van der Waals surface area contributed by atoms with E-state index in [2.05, 4.69) is 0 Å². The van der Waals surface area contributed by atoms with Crippen LogP contribution in [0.2, 0.25) is 10.0 Å². The van der Waals surface area contributed by atoms with Gasteiger partial charge in [0.1, 0.15) is 11.7 Å². The van der Waals surface area contributed by atoms with Crippen molar-refractivity contribution >= 4 is 29.0 Å². The molecular weight excluding hydrogens is 312 g/mol. The first kappa shape index (κ1) is 15.5. The van der Waals surface area contributed by atoms with Gasteiger partial charge in [-0.25, -0.2) is 4.39 Å². The van der Waals surface area contributed by atoms with E-state index in [-0.39, 0.29) is 21.2 Å². The zero-order chi connectivity index (χ0) is 15.6. The minimum Gasteiger partial charge on any atom is -0.292 e. The summed E-state index contributed by atoms with van der Waals surface area (Å²) in [5, 5.41) is 9.85. The molecule has 0 fully saturated rings. The molecule has 0 saturated carbocycles. The van der Waals surface area contributed by atoms with Gasteiger partial charge in [-0.15, -0.1) is 0 Å². The summed E-state index contributed by atoms with van der Waals surface area (Å²) in [5.41, 5.74) is 1.01. The van der Waals surface area contributed by atoms with Crippen LogP contribution in [0, 0.1) is 24.1 Å². The van der Waals surface area contributed by atoms with Crippen molar-refractivity contribution in [1.82, 2.24) is 0 Å². The molecule has 0 N–H and O–H groups in total. The first-order chi connectivity index (χ1) is 9.95. The van der Waals surface area contributed by atoms with Crippen molar-refractivity contribution in [3.8, 4) is 6.07 Å². The molecule has 0 heterocycles. The van der Waals surface area contributed by atoms with Gasteiger partial charge in [-0.1, -0.05) is 29.3 Å². The predicted molar refractivity (Wildman–Crippen MR) is 80.3 cm³/mol. The second kappa shape index (κ2) is 6.26. The monoisotopic (exact) mass is 321 g/mol. The van der Waals surface area contributed by atoms with Gasteiger partial charge < -0.3 is 0 Å². The molecule has 21 heavy (non-hydrogen) atoms. The SMILES string of the molecule is Cc1cc(F)ccc1C(=O)C(C#N)c1c(Cl)cccc1Cl. The Morgan fingerprint density at radius 2 is 1.86 bits per heavy atom. The topological polar surface area (TPSA) is 40.9 Å². The fourth-order valence-corrected chi connectivity index (χ4v) is 2.72. The van der Waals surface area contributed by atoms with Crippen molar-refractivity contribution in [3.63, 3.8) is 0 Å². The van der Waals surface area contributed by atoms with Crippen molar-refractivity contribution in [1.29, 1.82) is 5.26 Å². The quantitative estimate of drug-likeness (QED) is 0.752. The lowest BCUT2D eigenvalue weighted by Crippen LogP contribution is -2.13. The molecule has 0 amide bonds. The molecule has 2 nitrogen and oxygen atoms in total. The summed E-state index contributed by atoms with van der Waals surface area (Å²) in [6.07, 6.45) is 0. The molecule has 0 spiro atoms. The van der Waals surface area contributed by atoms with Crippen molar-refractivity contribution in [2.45, 2.75) is 12.8 Å². The third-order valence-electron chi connectivity index (χ3n) is 3.13. The van der Waals surface area contributed by atoms with Gasteiger partial charge >= 0.3 is 0 Å². The van der Waals surface area contributed by atoms with Crippen LogP contribution in [0.1, 0.15) is 27.4 Å². The van der Waals surface area contributed by atoms with Gasteiger partial charge in [-0.05, 0) is 42.8 Å². The molecule has 0 aliphatic heterocycles. The number of nitrogens with zero attached hydrogens (tertiary/aromatic N) is 1. The summed E-state index contributed by atoms with van der Waals surface area (Å²) in [6.45, 7) is 1.61. The number of benzene rings is 2. The zero-order valence-electron chi connectivity index (χ0n) is 11.0. The average Bonchev–Trinajstić information content (AvgIpc) is 2.42. The minimum atomic E-state index is -1.13. The first-order valence-corrected chi connectivity index (χ1v) is 6.85. The Labute approximate surface area is 131 Å². The van der Waals surface area contributed by atoms with Gasteiger partial charge in [-0.2, -0.15) is 5.26 Å². The number of hydrogen-bond donors (Lipinski definition) is 0. The van der Waals surface area contributed by atoms with E-state index in [9.17, 15) is 14.4 Å². The lowest BCUT2D eigenvalue weighted by molar-refractivity contribution is 0.0978. The fourth-order valence-electron chi connectivity index (χ4n) is 2.10. The second-order valence-corrected chi connectivity index (χ2v) is 5.34. The lowest BCUT2D eigenvalue weighted by Gasteiger charge is -2.13. The van der Waals surface area contributed by atoms with Crippen LogP contribution in [0.4, 0.5) is 4.39 Å². The Balaban J connectivity index is 2.52. The molecule has 0 radical (unpaired) electrons. The predicted octanol–water partition coefficient (Wildman–Crippen LogP) is 4.93. The van der Waals surface area contributed by atoms with Crippen molar-refractivity contribution in [2.75, 3.05) is 0 Å². The van der Waals surface area contributed by atoms with Crippen LogP contribution in [0.25, 0.3) is 0 Å². The van der Waals surface area contributed by atoms with E-state index in [1.165, 1.54) is 18.2 Å². The summed E-state index contributed by atoms with van der Waals surface area (Å²) in [7, 11) is 0. The van der Waals surface area contributed by atoms with Gasteiger partial charge in [0, 0.05) is 21.2 Å². The summed E-state index contributed by atoms with van der Waals surface area (Å²) in [6, 6.07) is 10.5. The van der Waals surface area contributed by atoms with Gasteiger partial charge in [0.05, 0.1) is 6.07 Å². The molecule has 106 valence electrons. The third-order valence-corrected chi connectivity index (χ3v) is 3.79. The number of aryl methyl sites for hydroxylation is 1. The highest BCUT2D eigenvalue weighted by Crippen LogP contribution is 2.33. The van der Waals surface area contributed by atoms with E-state index < -0.39 is 17.5 Å². The summed E-state index contributed by atoms with van der Waals surface area (Å²) in [5.74, 6) is -2.02. The molecule has 1 unspecified atom stereocenters. The van der Waals surface area contributed by atoms with Crippen molar-refractivity contribution in [3.05, 3.63) is 69.0 Å². The maximum atomic E-state index is 13.1. The Hall–Kier alpha value is -1.89. The zero-order valence-corrected chi connectivity index (χ0v) is 12.5. The number of Topliss-reactive ketones (excluding diaryl/α,β-unsaturated/α-hetero) is 1. The van der Waals surface area contributed by atoms with Crippen LogP contribution < -0.4 is 0 Å². The average molecular weight is 322 g/mol. The van der Waals surface area contributed by atoms with E-state index in [1.54, 1.807) is 25.1 Å². The number of rotatable bonds is 3. The molecule has 0 bridgehead atoms. The van der Waals surface area contributed by atoms with Crippen LogP contribution in [-0.2, 0) is 0 Å². The molecule has 0 saturated heterocycles. The van der Waals surface area contributed by atoms with E-state index >= 15 is 0 Å².